The van der Waals surface area contributed by atoms with Crippen molar-refractivity contribution in [3.8, 4) is 28.5 Å². The molecule has 0 aliphatic carbocycles. The summed E-state index contributed by atoms with van der Waals surface area (Å²) in [4.78, 5) is 12.5. The van der Waals surface area contributed by atoms with Gasteiger partial charge in [-0.25, -0.2) is 0 Å². The molecule has 0 N–H and O–H groups in total. The van der Waals surface area contributed by atoms with Gasteiger partial charge in [0.05, 0.1) is 25.4 Å². The zero-order valence-electron chi connectivity index (χ0n) is 22.8. The van der Waals surface area contributed by atoms with E-state index < -0.39 is 0 Å². The fourth-order valence-corrected chi connectivity index (χ4v) is 5.38. The van der Waals surface area contributed by atoms with E-state index in [2.05, 4.69) is 63.9 Å². The van der Waals surface area contributed by atoms with Crippen LogP contribution in [0.25, 0.3) is 33.1 Å². The molecule has 0 bridgehead atoms. The highest BCUT2D eigenvalue weighted by Gasteiger charge is 2.25. The molecule has 0 saturated carbocycles. The number of esters is 1. The van der Waals surface area contributed by atoms with Crippen LogP contribution in [0.4, 0.5) is 0 Å². The summed E-state index contributed by atoms with van der Waals surface area (Å²) in [5, 5.41) is 1.82. The van der Waals surface area contributed by atoms with Crippen LogP contribution in [0.2, 0.25) is 0 Å². The SMILES string of the molecule is COc1ccc2c(c1)c(-c1c(OC(C)=O)c3cc(OC)ccc3n1Cc1ccccc1)cn2Cc1ccccc1. The summed E-state index contributed by atoms with van der Waals surface area (Å²) in [6.45, 7) is 2.72. The molecule has 0 radical (unpaired) electrons. The number of hydrogen-bond donors (Lipinski definition) is 0. The summed E-state index contributed by atoms with van der Waals surface area (Å²) >= 11 is 0. The number of hydrogen-bond acceptors (Lipinski definition) is 4. The van der Waals surface area contributed by atoms with Crippen LogP contribution in [0.5, 0.6) is 17.2 Å². The fourth-order valence-electron chi connectivity index (χ4n) is 5.38. The smallest absolute Gasteiger partial charge is 0.308 e. The molecule has 0 unspecified atom stereocenters. The van der Waals surface area contributed by atoms with Crippen molar-refractivity contribution in [3.05, 3.63) is 114 Å². The van der Waals surface area contributed by atoms with Gasteiger partial charge in [0.1, 0.15) is 11.5 Å². The number of aromatic nitrogens is 2. The Morgan fingerprint density at radius 1 is 0.700 bits per heavy atom. The highest BCUT2D eigenvalue weighted by molar-refractivity contribution is 6.04. The molecule has 200 valence electrons. The molecule has 0 atom stereocenters. The topological polar surface area (TPSA) is 54.6 Å². The second kappa shape index (κ2) is 10.7. The molecule has 2 aromatic heterocycles. The van der Waals surface area contributed by atoms with Gasteiger partial charge in [-0.15, -0.1) is 0 Å². The van der Waals surface area contributed by atoms with Crippen LogP contribution >= 0.6 is 0 Å². The minimum atomic E-state index is -0.381. The molecule has 0 aliphatic rings. The first kappa shape index (κ1) is 25.3. The Hall–Kier alpha value is -4.97. The van der Waals surface area contributed by atoms with Gasteiger partial charge in [-0.05, 0) is 47.5 Å². The summed E-state index contributed by atoms with van der Waals surface area (Å²) in [7, 11) is 3.31. The van der Waals surface area contributed by atoms with Gasteiger partial charge in [0.15, 0.2) is 5.75 Å². The molecule has 0 saturated heterocycles. The van der Waals surface area contributed by atoms with Crippen LogP contribution < -0.4 is 14.2 Å². The molecule has 6 heteroatoms. The lowest BCUT2D eigenvalue weighted by atomic mass is 10.1. The molecule has 4 aromatic carbocycles. The van der Waals surface area contributed by atoms with E-state index in [-0.39, 0.29) is 5.97 Å². The Morgan fingerprint density at radius 3 is 1.88 bits per heavy atom. The summed E-state index contributed by atoms with van der Waals surface area (Å²) in [5.74, 6) is 1.58. The first-order chi connectivity index (χ1) is 19.6. The standard InChI is InChI=1S/C34H30N2O4/c1-23(37)40-34-29-19-27(39-3)15-17-32(29)36(21-25-12-8-5-9-13-25)33(34)30-22-35(20-24-10-6-4-7-11-24)31-16-14-26(38-2)18-28(30)31/h4-19,22H,20-21H2,1-3H3. The number of nitrogens with zero attached hydrogens (tertiary/aromatic N) is 2. The van der Waals surface area contributed by atoms with Crippen molar-refractivity contribution < 1.29 is 19.0 Å². The highest BCUT2D eigenvalue weighted by atomic mass is 16.5. The number of benzene rings is 4. The third kappa shape index (κ3) is 4.69. The van der Waals surface area contributed by atoms with Gasteiger partial charge in [-0.1, -0.05) is 60.7 Å². The Balaban J connectivity index is 1.67. The van der Waals surface area contributed by atoms with E-state index in [1.807, 2.05) is 48.5 Å². The average molecular weight is 531 g/mol. The molecule has 40 heavy (non-hydrogen) atoms. The zero-order chi connectivity index (χ0) is 27.6. The Labute approximate surface area is 232 Å². The van der Waals surface area contributed by atoms with Gasteiger partial charge >= 0.3 is 5.97 Å². The van der Waals surface area contributed by atoms with Crippen molar-refractivity contribution in [2.45, 2.75) is 20.0 Å². The second-order valence-electron chi connectivity index (χ2n) is 9.77. The third-order valence-electron chi connectivity index (χ3n) is 7.19. The highest BCUT2D eigenvalue weighted by Crippen LogP contribution is 2.45. The predicted molar refractivity (Wildman–Crippen MR) is 158 cm³/mol. The molecule has 2 heterocycles. The van der Waals surface area contributed by atoms with Gasteiger partial charge in [-0.2, -0.15) is 0 Å². The Kier molecular flexibility index (Phi) is 6.74. The molecular formula is C34H30N2O4. The van der Waals surface area contributed by atoms with Crippen molar-refractivity contribution in [2.75, 3.05) is 14.2 Å². The van der Waals surface area contributed by atoms with Crippen molar-refractivity contribution in [1.82, 2.24) is 9.13 Å². The number of rotatable bonds is 8. The first-order valence-corrected chi connectivity index (χ1v) is 13.2. The van der Waals surface area contributed by atoms with Crippen molar-refractivity contribution in [1.29, 1.82) is 0 Å². The number of methoxy groups -OCH3 is 2. The molecule has 6 aromatic rings. The summed E-state index contributed by atoms with van der Waals surface area (Å²) < 4.78 is 21.7. The lowest BCUT2D eigenvalue weighted by Gasteiger charge is -2.12. The van der Waals surface area contributed by atoms with E-state index >= 15 is 0 Å². The minimum absolute atomic E-state index is 0.381. The lowest BCUT2D eigenvalue weighted by molar-refractivity contribution is -0.131. The predicted octanol–water partition coefficient (Wildman–Crippen LogP) is 7.30. The van der Waals surface area contributed by atoms with Gasteiger partial charge in [0, 0.05) is 48.1 Å². The molecule has 6 rings (SSSR count). The van der Waals surface area contributed by atoms with E-state index in [4.69, 9.17) is 14.2 Å². The maximum Gasteiger partial charge on any atom is 0.308 e. The van der Waals surface area contributed by atoms with Gasteiger partial charge in [-0.3, -0.25) is 4.79 Å². The summed E-state index contributed by atoms with van der Waals surface area (Å²) in [6.07, 6.45) is 2.15. The van der Waals surface area contributed by atoms with Crippen molar-refractivity contribution in [3.63, 3.8) is 0 Å². The van der Waals surface area contributed by atoms with E-state index in [0.717, 1.165) is 44.4 Å². The van der Waals surface area contributed by atoms with Crippen LogP contribution in [-0.2, 0) is 17.9 Å². The summed E-state index contributed by atoms with van der Waals surface area (Å²) in [5.41, 5.74) is 6.11. The number of ether oxygens (including phenoxy) is 3. The van der Waals surface area contributed by atoms with Crippen LogP contribution in [0.15, 0.2) is 103 Å². The maximum atomic E-state index is 12.5. The van der Waals surface area contributed by atoms with Crippen LogP contribution in [-0.4, -0.2) is 29.3 Å². The van der Waals surface area contributed by atoms with Crippen LogP contribution in [0.3, 0.4) is 0 Å². The van der Waals surface area contributed by atoms with Gasteiger partial charge in [0.25, 0.3) is 0 Å². The fraction of sp³-hybridized carbons (Fsp3) is 0.147. The molecule has 0 aliphatic heterocycles. The second-order valence-corrected chi connectivity index (χ2v) is 9.77. The normalized spacial score (nSPS) is 11.2. The lowest BCUT2D eigenvalue weighted by Crippen LogP contribution is -2.05. The van der Waals surface area contributed by atoms with Gasteiger partial charge < -0.3 is 23.3 Å². The monoisotopic (exact) mass is 530 g/mol. The summed E-state index contributed by atoms with van der Waals surface area (Å²) in [6, 6.07) is 32.7. The largest absolute Gasteiger partial charge is 0.497 e. The Bertz CT molecular complexity index is 1820. The minimum Gasteiger partial charge on any atom is -0.497 e. The third-order valence-corrected chi connectivity index (χ3v) is 7.19. The van der Waals surface area contributed by atoms with E-state index in [9.17, 15) is 4.79 Å². The first-order valence-electron chi connectivity index (χ1n) is 13.2. The molecule has 0 spiro atoms. The van der Waals surface area contributed by atoms with E-state index in [1.54, 1.807) is 14.2 Å². The van der Waals surface area contributed by atoms with Gasteiger partial charge in [0.2, 0.25) is 0 Å². The molecular weight excluding hydrogens is 500 g/mol. The molecule has 6 nitrogen and oxygen atoms in total. The number of fused-ring (bicyclic) bond motifs is 2. The molecule has 0 fully saturated rings. The quantitative estimate of drug-likeness (QED) is 0.194. The van der Waals surface area contributed by atoms with E-state index in [1.165, 1.54) is 12.5 Å². The molecule has 0 amide bonds. The average Bonchev–Trinajstić information content (AvgIpc) is 3.47. The Morgan fingerprint density at radius 2 is 1.27 bits per heavy atom. The van der Waals surface area contributed by atoms with Crippen LogP contribution in [0.1, 0.15) is 18.1 Å². The number of carbonyl (C=O) groups is 1. The van der Waals surface area contributed by atoms with E-state index in [0.29, 0.717) is 24.6 Å². The zero-order valence-corrected chi connectivity index (χ0v) is 22.8. The number of carbonyl (C=O) groups excluding carboxylic acids is 1. The van der Waals surface area contributed by atoms with Crippen molar-refractivity contribution in [2.24, 2.45) is 0 Å². The van der Waals surface area contributed by atoms with Crippen molar-refractivity contribution >= 4 is 27.8 Å². The maximum absolute atomic E-state index is 12.5. The van der Waals surface area contributed by atoms with Crippen LogP contribution in [0, 0.1) is 0 Å².